The summed E-state index contributed by atoms with van der Waals surface area (Å²) in [5.74, 6) is 1.33. The SMILES string of the molecule is C#CCN(CC(=O)O)C(=O)N1CCC2(CCCC2)CC1. The predicted octanol–water partition coefficient (Wildman–Crippen LogP) is 1.78. The molecule has 2 rings (SSSR count). The average molecular weight is 278 g/mol. The largest absolute Gasteiger partial charge is 0.480 e. The number of carboxylic acids is 1. The molecule has 2 fully saturated rings. The number of urea groups is 1. The van der Waals surface area contributed by atoms with Crippen LogP contribution in [0.5, 0.6) is 0 Å². The molecule has 2 aliphatic rings. The van der Waals surface area contributed by atoms with Crippen LogP contribution in [0.15, 0.2) is 0 Å². The van der Waals surface area contributed by atoms with E-state index in [1.54, 1.807) is 4.90 Å². The lowest BCUT2D eigenvalue weighted by atomic mass is 9.77. The lowest BCUT2D eigenvalue weighted by Crippen LogP contribution is -2.49. The van der Waals surface area contributed by atoms with Gasteiger partial charge in [-0.25, -0.2) is 4.79 Å². The van der Waals surface area contributed by atoms with Crippen molar-refractivity contribution < 1.29 is 14.7 Å². The molecule has 0 unspecified atom stereocenters. The summed E-state index contributed by atoms with van der Waals surface area (Å²) < 4.78 is 0. The van der Waals surface area contributed by atoms with E-state index in [-0.39, 0.29) is 19.1 Å². The maximum atomic E-state index is 12.3. The van der Waals surface area contributed by atoms with Crippen LogP contribution in [0.1, 0.15) is 38.5 Å². The fourth-order valence-corrected chi connectivity index (χ4v) is 3.46. The summed E-state index contributed by atoms with van der Waals surface area (Å²) in [5, 5.41) is 8.84. The van der Waals surface area contributed by atoms with Gasteiger partial charge in [-0.15, -0.1) is 6.42 Å². The third kappa shape index (κ3) is 3.24. The topological polar surface area (TPSA) is 60.9 Å². The molecule has 0 aromatic rings. The molecule has 1 saturated carbocycles. The fourth-order valence-electron chi connectivity index (χ4n) is 3.46. The first-order chi connectivity index (χ1) is 9.56. The lowest BCUT2D eigenvalue weighted by molar-refractivity contribution is -0.137. The van der Waals surface area contributed by atoms with Crippen molar-refractivity contribution in [2.24, 2.45) is 5.41 Å². The van der Waals surface area contributed by atoms with Crippen LogP contribution >= 0.6 is 0 Å². The van der Waals surface area contributed by atoms with Gasteiger partial charge in [0.1, 0.15) is 6.54 Å². The van der Waals surface area contributed by atoms with Crippen LogP contribution in [-0.4, -0.2) is 53.1 Å². The molecular weight excluding hydrogens is 256 g/mol. The maximum absolute atomic E-state index is 12.3. The Morgan fingerprint density at radius 2 is 1.80 bits per heavy atom. The number of carbonyl (C=O) groups is 2. The van der Waals surface area contributed by atoms with Gasteiger partial charge in [-0.3, -0.25) is 4.79 Å². The number of amides is 2. The molecule has 2 amide bonds. The summed E-state index contributed by atoms with van der Waals surface area (Å²) in [5.41, 5.74) is 0.445. The maximum Gasteiger partial charge on any atom is 0.323 e. The molecule has 0 aromatic carbocycles. The van der Waals surface area contributed by atoms with Crippen molar-refractivity contribution in [1.82, 2.24) is 9.80 Å². The molecule has 5 heteroatoms. The standard InChI is InChI=1S/C15H22N2O3/c1-2-9-17(12-13(18)19)14(20)16-10-7-15(8-11-16)5-3-4-6-15/h1H,3-12H2,(H,18,19). The molecule has 0 bridgehead atoms. The van der Waals surface area contributed by atoms with Crippen LogP contribution in [0.3, 0.4) is 0 Å². The number of carbonyl (C=O) groups excluding carboxylic acids is 1. The van der Waals surface area contributed by atoms with Crippen LogP contribution in [0.25, 0.3) is 0 Å². The smallest absolute Gasteiger partial charge is 0.323 e. The fraction of sp³-hybridized carbons (Fsp3) is 0.733. The summed E-state index contributed by atoms with van der Waals surface area (Å²) in [6, 6.07) is -0.238. The van der Waals surface area contributed by atoms with E-state index >= 15 is 0 Å². The van der Waals surface area contributed by atoms with E-state index < -0.39 is 5.97 Å². The quantitative estimate of drug-likeness (QED) is 0.801. The summed E-state index contributed by atoms with van der Waals surface area (Å²) in [6.07, 6.45) is 12.4. The molecule has 1 heterocycles. The Morgan fingerprint density at radius 3 is 2.30 bits per heavy atom. The zero-order chi connectivity index (χ0) is 14.6. The van der Waals surface area contributed by atoms with Crippen molar-refractivity contribution in [3.05, 3.63) is 0 Å². The highest BCUT2D eigenvalue weighted by Crippen LogP contribution is 2.46. The summed E-state index contributed by atoms with van der Waals surface area (Å²) in [7, 11) is 0. The number of likely N-dealkylation sites (tertiary alicyclic amines) is 1. The summed E-state index contributed by atoms with van der Waals surface area (Å²) in [4.78, 5) is 26.1. The normalized spacial score (nSPS) is 20.6. The molecule has 1 saturated heterocycles. The second-order valence-electron chi connectivity index (χ2n) is 5.93. The van der Waals surface area contributed by atoms with E-state index in [1.165, 1.54) is 30.6 Å². The third-order valence-corrected chi connectivity index (χ3v) is 4.64. The van der Waals surface area contributed by atoms with Gasteiger partial charge in [-0.1, -0.05) is 18.8 Å². The number of terminal acetylenes is 1. The van der Waals surface area contributed by atoms with Gasteiger partial charge in [0, 0.05) is 13.1 Å². The monoisotopic (exact) mass is 278 g/mol. The Balaban J connectivity index is 1.92. The van der Waals surface area contributed by atoms with Crippen LogP contribution in [0.2, 0.25) is 0 Å². The lowest BCUT2D eigenvalue weighted by Gasteiger charge is -2.40. The minimum absolute atomic E-state index is 0.0484. The molecule has 110 valence electrons. The molecule has 1 spiro atoms. The molecule has 0 radical (unpaired) electrons. The molecule has 1 aliphatic carbocycles. The molecular formula is C15H22N2O3. The average Bonchev–Trinajstić information content (AvgIpc) is 2.86. The van der Waals surface area contributed by atoms with E-state index in [2.05, 4.69) is 5.92 Å². The first kappa shape index (κ1) is 14.7. The third-order valence-electron chi connectivity index (χ3n) is 4.64. The van der Waals surface area contributed by atoms with Crippen molar-refractivity contribution in [2.75, 3.05) is 26.2 Å². The van der Waals surface area contributed by atoms with E-state index in [4.69, 9.17) is 11.5 Å². The molecule has 20 heavy (non-hydrogen) atoms. The number of nitrogens with zero attached hydrogens (tertiary/aromatic N) is 2. The highest BCUT2D eigenvalue weighted by atomic mass is 16.4. The van der Waals surface area contributed by atoms with Gasteiger partial charge in [0.15, 0.2) is 0 Å². The van der Waals surface area contributed by atoms with Gasteiger partial charge < -0.3 is 14.9 Å². The first-order valence-electron chi connectivity index (χ1n) is 7.25. The molecule has 1 N–H and O–H groups in total. The van der Waals surface area contributed by atoms with Gasteiger partial charge in [0.25, 0.3) is 0 Å². The Labute approximate surface area is 119 Å². The minimum Gasteiger partial charge on any atom is -0.480 e. The van der Waals surface area contributed by atoms with Gasteiger partial charge in [0.2, 0.25) is 0 Å². The van der Waals surface area contributed by atoms with Crippen LogP contribution < -0.4 is 0 Å². The van der Waals surface area contributed by atoms with Gasteiger partial charge >= 0.3 is 12.0 Å². The van der Waals surface area contributed by atoms with E-state index in [9.17, 15) is 9.59 Å². The zero-order valence-corrected chi connectivity index (χ0v) is 11.8. The summed E-state index contributed by atoms with van der Waals surface area (Å²) in [6.45, 7) is 1.16. The Kier molecular flexibility index (Phi) is 4.53. The van der Waals surface area contributed by atoms with Crippen LogP contribution in [0.4, 0.5) is 4.79 Å². The van der Waals surface area contributed by atoms with Gasteiger partial charge in [-0.05, 0) is 31.1 Å². The van der Waals surface area contributed by atoms with Crippen molar-refractivity contribution in [1.29, 1.82) is 0 Å². The number of carboxylic acid groups (broad SMARTS) is 1. The van der Waals surface area contributed by atoms with Gasteiger partial charge in [0.05, 0.1) is 6.54 Å². The van der Waals surface area contributed by atoms with Gasteiger partial charge in [-0.2, -0.15) is 0 Å². The highest BCUT2D eigenvalue weighted by Gasteiger charge is 2.38. The minimum atomic E-state index is -1.03. The summed E-state index contributed by atoms with van der Waals surface area (Å²) >= 11 is 0. The van der Waals surface area contributed by atoms with Crippen LogP contribution in [0, 0.1) is 17.8 Å². The van der Waals surface area contributed by atoms with Crippen molar-refractivity contribution in [3.63, 3.8) is 0 Å². The van der Waals surface area contributed by atoms with Crippen molar-refractivity contribution in [2.45, 2.75) is 38.5 Å². The van der Waals surface area contributed by atoms with E-state index in [1.807, 2.05) is 0 Å². The Hall–Kier alpha value is -1.70. The van der Waals surface area contributed by atoms with Crippen molar-refractivity contribution in [3.8, 4) is 12.3 Å². The number of piperidine rings is 1. The molecule has 1 aliphatic heterocycles. The number of hydrogen-bond acceptors (Lipinski definition) is 2. The van der Waals surface area contributed by atoms with E-state index in [0.29, 0.717) is 5.41 Å². The van der Waals surface area contributed by atoms with Crippen LogP contribution in [-0.2, 0) is 4.79 Å². The Bertz CT molecular complexity index is 411. The molecule has 0 atom stereocenters. The predicted molar refractivity (Wildman–Crippen MR) is 75.1 cm³/mol. The first-order valence-corrected chi connectivity index (χ1v) is 7.25. The number of rotatable bonds is 3. The second-order valence-corrected chi connectivity index (χ2v) is 5.93. The zero-order valence-electron chi connectivity index (χ0n) is 11.8. The van der Waals surface area contributed by atoms with Crippen molar-refractivity contribution >= 4 is 12.0 Å². The highest BCUT2D eigenvalue weighted by molar-refractivity contribution is 5.80. The molecule has 0 aromatic heterocycles. The second kappa shape index (κ2) is 6.17. The number of aliphatic carboxylic acids is 1. The Morgan fingerprint density at radius 1 is 1.20 bits per heavy atom. The molecule has 5 nitrogen and oxygen atoms in total. The van der Waals surface area contributed by atoms with E-state index in [0.717, 1.165) is 25.9 Å². The number of hydrogen-bond donors (Lipinski definition) is 1.